The number of nitrogens with one attached hydrogen (secondary N) is 1. The van der Waals surface area contributed by atoms with Crippen LogP contribution in [0.1, 0.15) is 44.6 Å². The number of piperidine rings is 1. The van der Waals surface area contributed by atoms with Gasteiger partial charge < -0.3 is 9.88 Å². The molecule has 0 bridgehead atoms. The minimum absolute atomic E-state index is 0.0240. The van der Waals surface area contributed by atoms with E-state index in [1.807, 2.05) is 24.8 Å². The Morgan fingerprint density at radius 3 is 3.17 bits per heavy atom. The summed E-state index contributed by atoms with van der Waals surface area (Å²) in [5.74, 6) is 0.675. The van der Waals surface area contributed by atoms with Gasteiger partial charge in [0.1, 0.15) is 5.65 Å². The molecule has 2 aromatic rings. The van der Waals surface area contributed by atoms with Crippen LogP contribution in [0.25, 0.3) is 11.0 Å². The predicted molar refractivity (Wildman–Crippen MR) is 93.2 cm³/mol. The summed E-state index contributed by atoms with van der Waals surface area (Å²) in [7, 11) is 0. The number of fused-ring (bicyclic) bond motifs is 1. The summed E-state index contributed by atoms with van der Waals surface area (Å²) in [6, 6.07) is 4.08. The zero-order valence-corrected chi connectivity index (χ0v) is 14.0. The fraction of sp³-hybridized carbons (Fsp3) is 0.474. The van der Waals surface area contributed by atoms with Crippen LogP contribution in [0.4, 0.5) is 0 Å². The van der Waals surface area contributed by atoms with Gasteiger partial charge in [0, 0.05) is 42.7 Å². The van der Waals surface area contributed by atoms with E-state index in [1.54, 1.807) is 6.20 Å². The summed E-state index contributed by atoms with van der Waals surface area (Å²) >= 11 is 0. The van der Waals surface area contributed by atoms with Gasteiger partial charge in [-0.1, -0.05) is 12.5 Å². The molecule has 2 atom stereocenters. The van der Waals surface area contributed by atoms with Crippen LogP contribution in [0.15, 0.2) is 36.7 Å². The van der Waals surface area contributed by atoms with Crippen molar-refractivity contribution in [1.29, 1.82) is 0 Å². The van der Waals surface area contributed by atoms with Crippen molar-refractivity contribution < 1.29 is 4.79 Å². The quantitative estimate of drug-likeness (QED) is 0.871. The molecule has 0 radical (unpaired) electrons. The van der Waals surface area contributed by atoms with Crippen LogP contribution in [0.3, 0.4) is 0 Å². The number of rotatable bonds is 4. The number of H-pyrrole nitrogens is 1. The molecule has 2 unspecified atom stereocenters. The summed E-state index contributed by atoms with van der Waals surface area (Å²) in [6.07, 6.45) is 6.83. The highest BCUT2D eigenvalue weighted by molar-refractivity contribution is 5.81. The van der Waals surface area contributed by atoms with Crippen LogP contribution in [-0.2, 0) is 4.79 Å². The van der Waals surface area contributed by atoms with Crippen LogP contribution in [0.2, 0.25) is 0 Å². The van der Waals surface area contributed by atoms with Crippen molar-refractivity contribution in [3.8, 4) is 0 Å². The zero-order chi connectivity index (χ0) is 16.4. The molecule has 1 fully saturated rings. The van der Waals surface area contributed by atoms with Crippen LogP contribution < -0.4 is 0 Å². The minimum Gasteiger partial charge on any atom is -0.346 e. The van der Waals surface area contributed by atoms with Gasteiger partial charge in [0.25, 0.3) is 0 Å². The molecule has 4 heteroatoms. The first kappa shape index (κ1) is 15.8. The van der Waals surface area contributed by atoms with Gasteiger partial charge >= 0.3 is 0 Å². The molecular weight excluding hydrogens is 286 g/mol. The third kappa shape index (κ3) is 3.31. The molecule has 1 N–H and O–H groups in total. The number of hydrogen-bond donors (Lipinski definition) is 1. The lowest BCUT2D eigenvalue weighted by Gasteiger charge is -2.34. The number of aromatic amines is 1. The van der Waals surface area contributed by atoms with E-state index in [0.29, 0.717) is 5.92 Å². The Kier molecular flexibility index (Phi) is 4.51. The molecule has 2 aromatic heterocycles. The summed E-state index contributed by atoms with van der Waals surface area (Å²) in [4.78, 5) is 22.3. The van der Waals surface area contributed by atoms with Crippen molar-refractivity contribution in [1.82, 2.24) is 14.9 Å². The van der Waals surface area contributed by atoms with Gasteiger partial charge in [0.2, 0.25) is 5.91 Å². The molecular formula is C19H25N3O. The van der Waals surface area contributed by atoms with Crippen LogP contribution >= 0.6 is 0 Å². The number of hydrogen-bond acceptors (Lipinski definition) is 2. The maximum atomic E-state index is 12.7. The number of carbonyl (C=O) groups excluding carboxylic acids is 1. The van der Waals surface area contributed by atoms with Gasteiger partial charge in [-0.2, -0.15) is 0 Å². The number of allylic oxidation sites excluding steroid dienone is 1. The largest absolute Gasteiger partial charge is 0.346 e. The van der Waals surface area contributed by atoms with Crippen molar-refractivity contribution in [2.24, 2.45) is 5.92 Å². The fourth-order valence-electron chi connectivity index (χ4n) is 3.67. The first-order chi connectivity index (χ1) is 11.1. The third-order valence-electron chi connectivity index (χ3n) is 4.73. The molecule has 1 aliphatic rings. The summed E-state index contributed by atoms with van der Waals surface area (Å²) in [5, 5.41) is 1.18. The average Bonchev–Trinajstić information content (AvgIpc) is 2.97. The van der Waals surface area contributed by atoms with Gasteiger partial charge in [-0.15, -0.1) is 6.58 Å². The van der Waals surface area contributed by atoms with Crippen LogP contribution in [-0.4, -0.2) is 33.9 Å². The van der Waals surface area contributed by atoms with Crippen LogP contribution in [0, 0.1) is 5.92 Å². The average molecular weight is 311 g/mol. The number of aromatic nitrogens is 2. The van der Waals surface area contributed by atoms with E-state index in [2.05, 4.69) is 28.8 Å². The van der Waals surface area contributed by atoms with Crippen molar-refractivity contribution in [3.63, 3.8) is 0 Å². The SMILES string of the molecule is C=C(C)CC(C)C(=O)N1CCCC(c2c[nH]c3ncccc23)C1. The molecule has 0 aliphatic carbocycles. The van der Waals surface area contributed by atoms with E-state index >= 15 is 0 Å². The van der Waals surface area contributed by atoms with E-state index in [0.717, 1.165) is 43.6 Å². The monoisotopic (exact) mass is 311 g/mol. The van der Waals surface area contributed by atoms with Crippen molar-refractivity contribution in [3.05, 3.63) is 42.2 Å². The van der Waals surface area contributed by atoms with E-state index in [9.17, 15) is 4.79 Å². The highest BCUT2D eigenvalue weighted by Crippen LogP contribution is 2.32. The fourth-order valence-corrected chi connectivity index (χ4v) is 3.67. The van der Waals surface area contributed by atoms with E-state index in [1.165, 1.54) is 10.9 Å². The van der Waals surface area contributed by atoms with Crippen molar-refractivity contribution in [2.75, 3.05) is 13.1 Å². The van der Waals surface area contributed by atoms with E-state index < -0.39 is 0 Å². The Hall–Kier alpha value is -2.10. The standard InChI is InChI=1S/C19H25N3O/c1-13(2)10-14(3)19(23)22-9-5-6-15(12-22)17-11-21-18-16(17)7-4-8-20-18/h4,7-8,11,14-15H,1,5-6,9-10,12H2,2-3H3,(H,20,21). The minimum atomic E-state index is 0.0240. The normalized spacial score (nSPS) is 19.7. The molecule has 0 aromatic carbocycles. The number of carbonyl (C=O) groups is 1. The Bertz CT molecular complexity index is 718. The van der Waals surface area contributed by atoms with Gasteiger partial charge in [0.05, 0.1) is 0 Å². The molecule has 3 heterocycles. The maximum absolute atomic E-state index is 12.7. The Balaban J connectivity index is 1.76. The second-order valence-electron chi connectivity index (χ2n) is 6.83. The molecule has 23 heavy (non-hydrogen) atoms. The summed E-state index contributed by atoms with van der Waals surface area (Å²) in [5.41, 5.74) is 3.29. The third-order valence-corrected chi connectivity index (χ3v) is 4.73. The second kappa shape index (κ2) is 6.57. The Morgan fingerprint density at radius 1 is 1.57 bits per heavy atom. The molecule has 1 amide bonds. The van der Waals surface area contributed by atoms with Gasteiger partial charge in [-0.05, 0) is 43.9 Å². The molecule has 122 valence electrons. The first-order valence-electron chi connectivity index (χ1n) is 8.41. The molecule has 0 saturated carbocycles. The van der Waals surface area contributed by atoms with E-state index in [4.69, 9.17) is 0 Å². The summed E-state index contributed by atoms with van der Waals surface area (Å²) < 4.78 is 0. The number of nitrogens with zero attached hydrogens (tertiary/aromatic N) is 2. The van der Waals surface area contributed by atoms with Crippen molar-refractivity contribution in [2.45, 2.75) is 39.0 Å². The molecule has 4 nitrogen and oxygen atoms in total. The van der Waals surface area contributed by atoms with Gasteiger partial charge in [-0.25, -0.2) is 4.98 Å². The highest BCUT2D eigenvalue weighted by atomic mass is 16.2. The lowest BCUT2D eigenvalue weighted by molar-refractivity contribution is -0.136. The lowest BCUT2D eigenvalue weighted by Crippen LogP contribution is -2.41. The Morgan fingerprint density at radius 2 is 2.39 bits per heavy atom. The predicted octanol–water partition coefficient (Wildman–Crippen LogP) is 3.87. The molecule has 1 saturated heterocycles. The van der Waals surface area contributed by atoms with Gasteiger partial charge in [-0.3, -0.25) is 4.79 Å². The molecule has 3 rings (SSSR count). The number of pyridine rings is 1. The Labute approximate surface area is 137 Å². The highest BCUT2D eigenvalue weighted by Gasteiger charge is 2.28. The number of likely N-dealkylation sites (tertiary alicyclic amines) is 1. The lowest BCUT2D eigenvalue weighted by atomic mass is 9.89. The zero-order valence-electron chi connectivity index (χ0n) is 14.0. The van der Waals surface area contributed by atoms with Crippen molar-refractivity contribution >= 4 is 16.9 Å². The second-order valence-corrected chi connectivity index (χ2v) is 6.83. The van der Waals surface area contributed by atoms with Gasteiger partial charge in [0.15, 0.2) is 0 Å². The first-order valence-corrected chi connectivity index (χ1v) is 8.41. The summed E-state index contributed by atoms with van der Waals surface area (Å²) in [6.45, 7) is 9.61. The topological polar surface area (TPSA) is 49.0 Å². The van der Waals surface area contributed by atoms with Crippen LogP contribution in [0.5, 0.6) is 0 Å². The number of amides is 1. The molecule has 1 aliphatic heterocycles. The molecule has 0 spiro atoms. The van der Waals surface area contributed by atoms with E-state index in [-0.39, 0.29) is 11.8 Å². The maximum Gasteiger partial charge on any atom is 0.225 e. The smallest absolute Gasteiger partial charge is 0.225 e.